The predicted octanol–water partition coefficient (Wildman–Crippen LogP) is 1.73. The number of aromatic nitrogens is 3. The van der Waals surface area contributed by atoms with E-state index in [1.807, 2.05) is 13.8 Å². The van der Waals surface area contributed by atoms with Crippen LogP contribution in [0.1, 0.15) is 33.7 Å². The number of amides is 1. The summed E-state index contributed by atoms with van der Waals surface area (Å²) in [6, 6.07) is 1.36. The fourth-order valence-electron chi connectivity index (χ4n) is 2.13. The lowest BCUT2D eigenvalue weighted by Gasteiger charge is -2.05. The van der Waals surface area contributed by atoms with Crippen molar-refractivity contribution in [1.82, 2.24) is 20.5 Å². The first-order chi connectivity index (χ1) is 9.99. The van der Waals surface area contributed by atoms with Crippen LogP contribution in [0.25, 0.3) is 0 Å². The van der Waals surface area contributed by atoms with Gasteiger partial charge in [-0.05, 0) is 38.3 Å². The molecule has 3 N–H and O–H groups in total. The van der Waals surface area contributed by atoms with Crippen LogP contribution < -0.4 is 10.9 Å². The van der Waals surface area contributed by atoms with Crippen LogP contribution in [0.3, 0.4) is 0 Å². The summed E-state index contributed by atoms with van der Waals surface area (Å²) in [6.07, 6.45) is 2.94. The molecule has 0 saturated carbocycles. The van der Waals surface area contributed by atoms with Gasteiger partial charge in [0.2, 0.25) is 0 Å². The minimum Gasteiger partial charge on any atom is -0.352 e. The van der Waals surface area contributed by atoms with Crippen molar-refractivity contribution in [3.63, 3.8) is 0 Å². The van der Waals surface area contributed by atoms with Gasteiger partial charge in [-0.1, -0.05) is 11.6 Å². The van der Waals surface area contributed by atoms with Gasteiger partial charge in [-0.25, -0.2) is 0 Å². The van der Waals surface area contributed by atoms with E-state index in [9.17, 15) is 9.59 Å². The second kappa shape index (κ2) is 6.58. The Morgan fingerprint density at radius 3 is 2.86 bits per heavy atom. The molecule has 0 unspecified atom stereocenters. The predicted molar refractivity (Wildman–Crippen MR) is 80.8 cm³/mol. The zero-order valence-corrected chi connectivity index (χ0v) is 12.7. The van der Waals surface area contributed by atoms with Crippen LogP contribution in [0.15, 0.2) is 17.1 Å². The van der Waals surface area contributed by atoms with Gasteiger partial charge < -0.3 is 10.3 Å². The molecular formula is C14H17ClN4O2. The molecule has 0 fully saturated rings. The van der Waals surface area contributed by atoms with Crippen molar-refractivity contribution in [2.24, 2.45) is 0 Å². The molecule has 6 nitrogen and oxygen atoms in total. The van der Waals surface area contributed by atoms with Gasteiger partial charge in [-0.15, -0.1) is 0 Å². The zero-order chi connectivity index (χ0) is 15.4. The van der Waals surface area contributed by atoms with Gasteiger partial charge in [0.25, 0.3) is 11.5 Å². The highest BCUT2D eigenvalue weighted by Gasteiger charge is 2.11. The first-order valence-corrected chi connectivity index (χ1v) is 7.03. The number of aromatic amines is 2. The van der Waals surface area contributed by atoms with Crippen LogP contribution in [0.5, 0.6) is 0 Å². The largest absolute Gasteiger partial charge is 0.352 e. The molecule has 2 heterocycles. The van der Waals surface area contributed by atoms with Crippen molar-refractivity contribution in [2.75, 3.05) is 6.54 Å². The van der Waals surface area contributed by atoms with E-state index in [2.05, 4.69) is 20.5 Å². The molecule has 0 aromatic carbocycles. The van der Waals surface area contributed by atoms with Crippen molar-refractivity contribution in [3.05, 3.63) is 50.2 Å². The number of carbonyl (C=O) groups excluding carboxylic acids is 1. The highest BCUT2D eigenvalue weighted by Crippen LogP contribution is 2.11. The van der Waals surface area contributed by atoms with Crippen LogP contribution in [-0.4, -0.2) is 27.6 Å². The molecule has 0 spiro atoms. The molecule has 0 aliphatic rings. The highest BCUT2D eigenvalue weighted by atomic mass is 35.5. The maximum absolute atomic E-state index is 11.9. The number of pyridine rings is 1. The molecule has 0 bridgehead atoms. The van der Waals surface area contributed by atoms with Crippen LogP contribution in [0.4, 0.5) is 0 Å². The van der Waals surface area contributed by atoms with Crippen molar-refractivity contribution in [2.45, 2.75) is 26.7 Å². The smallest absolute Gasteiger partial charge is 0.260 e. The molecule has 0 saturated heterocycles. The molecule has 2 aromatic heterocycles. The number of H-pyrrole nitrogens is 2. The second-order valence-corrected chi connectivity index (χ2v) is 5.27. The minimum atomic E-state index is -0.446. The van der Waals surface area contributed by atoms with Crippen molar-refractivity contribution >= 4 is 17.5 Å². The summed E-state index contributed by atoms with van der Waals surface area (Å²) >= 11 is 5.76. The van der Waals surface area contributed by atoms with Crippen LogP contribution in [-0.2, 0) is 6.42 Å². The van der Waals surface area contributed by atoms with Gasteiger partial charge >= 0.3 is 0 Å². The average Bonchev–Trinajstić information content (AvgIpc) is 2.77. The highest BCUT2D eigenvalue weighted by molar-refractivity contribution is 6.30. The third-order valence-corrected chi connectivity index (χ3v) is 3.50. The number of aryl methyl sites for hydroxylation is 2. The fraction of sp³-hybridized carbons (Fsp3) is 0.357. The van der Waals surface area contributed by atoms with E-state index in [0.29, 0.717) is 11.6 Å². The Bertz CT molecular complexity index is 686. The third kappa shape index (κ3) is 3.72. The quantitative estimate of drug-likeness (QED) is 0.735. The van der Waals surface area contributed by atoms with Gasteiger partial charge in [-0.2, -0.15) is 5.10 Å². The Morgan fingerprint density at radius 1 is 1.43 bits per heavy atom. The fourth-order valence-corrected chi connectivity index (χ4v) is 2.29. The van der Waals surface area contributed by atoms with E-state index < -0.39 is 11.5 Å². The van der Waals surface area contributed by atoms with E-state index in [-0.39, 0.29) is 5.56 Å². The van der Waals surface area contributed by atoms with Crippen molar-refractivity contribution in [1.29, 1.82) is 0 Å². The number of rotatable bonds is 5. The van der Waals surface area contributed by atoms with Crippen molar-refractivity contribution in [3.8, 4) is 0 Å². The monoisotopic (exact) mass is 308 g/mol. The number of nitrogens with zero attached hydrogens (tertiary/aromatic N) is 1. The molecule has 0 aliphatic heterocycles. The first kappa shape index (κ1) is 15.3. The van der Waals surface area contributed by atoms with E-state index in [1.54, 1.807) is 0 Å². The van der Waals surface area contributed by atoms with Crippen LogP contribution in [0.2, 0.25) is 5.02 Å². The zero-order valence-electron chi connectivity index (χ0n) is 11.9. The summed E-state index contributed by atoms with van der Waals surface area (Å²) in [6.45, 7) is 4.40. The molecule has 7 heteroatoms. The van der Waals surface area contributed by atoms with Gasteiger partial charge in [-0.3, -0.25) is 14.7 Å². The number of nitrogens with one attached hydrogen (secondary N) is 3. The van der Waals surface area contributed by atoms with E-state index >= 15 is 0 Å². The van der Waals surface area contributed by atoms with Gasteiger partial charge in [0.1, 0.15) is 5.56 Å². The van der Waals surface area contributed by atoms with Crippen LogP contribution >= 0.6 is 11.6 Å². The number of carbonyl (C=O) groups is 1. The topological polar surface area (TPSA) is 90.6 Å². The Kier molecular flexibility index (Phi) is 4.80. The second-order valence-electron chi connectivity index (χ2n) is 4.83. The van der Waals surface area contributed by atoms with Crippen molar-refractivity contribution < 1.29 is 4.79 Å². The lowest BCUT2D eigenvalue weighted by Crippen LogP contribution is -2.30. The standard InChI is InChI=1S/C14H17ClN4O2/c1-8-11(9(2)19-18-8)4-3-5-16-13(20)12-6-10(15)7-17-14(12)21/h6-7H,3-5H2,1-2H3,(H,16,20)(H,17,21)(H,18,19). The Labute approximate surface area is 126 Å². The average molecular weight is 309 g/mol. The van der Waals surface area contributed by atoms with Gasteiger partial charge in [0, 0.05) is 18.4 Å². The molecule has 112 valence electrons. The van der Waals surface area contributed by atoms with Crippen LogP contribution in [0, 0.1) is 13.8 Å². The van der Waals surface area contributed by atoms with Gasteiger partial charge in [0.15, 0.2) is 0 Å². The Morgan fingerprint density at radius 2 is 2.19 bits per heavy atom. The molecule has 1 amide bonds. The summed E-state index contributed by atoms with van der Waals surface area (Å²) in [5, 5.41) is 10.1. The normalized spacial score (nSPS) is 10.6. The lowest BCUT2D eigenvalue weighted by molar-refractivity contribution is 0.0951. The summed E-state index contributed by atoms with van der Waals surface area (Å²) < 4.78 is 0. The van der Waals surface area contributed by atoms with E-state index in [1.165, 1.54) is 17.8 Å². The van der Waals surface area contributed by atoms with Gasteiger partial charge in [0.05, 0.1) is 10.7 Å². The molecule has 21 heavy (non-hydrogen) atoms. The maximum Gasteiger partial charge on any atom is 0.260 e. The summed E-state index contributed by atoms with van der Waals surface area (Å²) in [7, 11) is 0. The maximum atomic E-state index is 11.9. The molecule has 2 aromatic rings. The molecule has 2 rings (SSSR count). The summed E-state index contributed by atoms with van der Waals surface area (Å²) in [5.74, 6) is -0.417. The minimum absolute atomic E-state index is 0.0261. The first-order valence-electron chi connectivity index (χ1n) is 6.66. The Hall–Kier alpha value is -2.08. The Balaban J connectivity index is 1.88. The summed E-state index contributed by atoms with van der Waals surface area (Å²) in [5.41, 5.74) is 2.77. The third-order valence-electron chi connectivity index (χ3n) is 3.28. The van der Waals surface area contributed by atoms with E-state index in [0.717, 1.165) is 24.2 Å². The summed E-state index contributed by atoms with van der Waals surface area (Å²) in [4.78, 5) is 25.9. The molecule has 0 radical (unpaired) electrons. The molecular weight excluding hydrogens is 292 g/mol. The lowest BCUT2D eigenvalue weighted by atomic mass is 10.1. The SMILES string of the molecule is Cc1n[nH]c(C)c1CCCNC(=O)c1cc(Cl)c[nH]c1=O. The number of hydrogen-bond donors (Lipinski definition) is 3. The number of hydrogen-bond acceptors (Lipinski definition) is 3. The van der Waals surface area contributed by atoms with E-state index in [4.69, 9.17) is 11.6 Å². The molecule has 0 aliphatic carbocycles. The molecule has 0 atom stereocenters. The number of halogens is 1.